The number of nitrogens with zero attached hydrogens (tertiary/aromatic N) is 2. The minimum absolute atomic E-state index is 0.0121. The molecule has 29 nitrogen and oxygen atoms in total. The Balaban J connectivity index is 1.10. The number of thiocarbonyl (C=S) groups is 1. The molecule has 10 N–H and O–H groups in total. The van der Waals surface area contributed by atoms with Gasteiger partial charge in [0.2, 0.25) is 17.7 Å². The summed E-state index contributed by atoms with van der Waals surface area (Å²) in [6.07, 6.45) is -0.929. The number of aliphatic hydroxyl groups is 1. The molecule has 4 aliphatic heterocycles. The molecule has 0 aromatic heterocycles. The van der Waals surface area contributed by atoms with Crippen LogP contribution in [0.15, 0.2) is 54.1 Å². The highest BCUT2D eigenvalue weighted by molar-refractivity contribution is 7.80. The van der Waals surface area contributed by atoms with E-state index < -0.39 is 114 Å². The van der Waals surface area contributed by atoms with Crippen LogP contribution in [-0.2, 0) is 68.4 Å². The molecule has 3 saturated heterocycles. The standard InChI is InChI=1S/C59H81ClN10O19S/c1-32(2)50(67-55(90)63-21-23-85-25-24-84-22-19-48(74)89-70-45(71)17-18-46(70)72)53(76)66-38(13-11-20-62-54(61)77)52(75)65-37-16-15-36(29-40(37)81-7)64-56(78)87-44-30-47(73)69(6)39-27-35(28-41(82-8)49(39)60)26-33(3)12-10-14-43(83-9)59(80)31-42(86-57(79)68-59)34(4)51-58(44,5)88-51/h10,12,14-16,27-29,32,34,38,42-44,50-51,80H,11,13,17-26,30-31H2,1-9H3,(H,64,78)(H,65,75)(H,66,76)(H,68,79)(H3,61,62,77)(H2,63,67,90)/b14-10+,33-12+/t34-,38+,42+,43-,44+,50+,51+,58+,59+/m1/s1. The molecule has 0 saturated carbocycles. The van der Waals surface area contributed by atoms with Crippen LogP contribution in [0.4, 0.5) is 31.4 Å². The lowest BCUT2D eigenvalue weighted by atomic mass is 9.83. The number of allylic oxidation sites excluding steroid dienone is 3. The number of hydrogen-bond acceptors (Lipinski definition) is 20. The van der Waals surface area contributed by atoms with Gasteiger partial charge in [0, 0.05) is 64.2 Å². The minimum atomic E-state index is -1.91. The van der Waals surface area contributed by atoms with Crippen LogP contribution in [0.3, 0.4) is 0 Å². The van der Waals surface area contributed by atoms with Gasteiger partial charge in [-0.25, -0.2) is 19.2 Å². The predicted octanol–water partition coefficient (Wildman–Crippen LogP) is 3.77. The second kappa shape index (κ2) is 32.7. The number of ether oxygens (including phenoxy) is 8. The van der Waals surface area contributed by atoms with Crippen LogP contribution in [0.5, 0.6) is 11.5 Å². The van der Waals surface area contributed by atoms with Crippen molar-refractivity contribution >= 4 is 99.7 Å². The van der Waals surface area contributed by atoms with Crippen LogP contribution in [0, 0.1) is 11.8 Å². The number of fused-ring (bicyclic) bond motifs is 5. The van der Waals surface area contributed by atoms with E-state index in [0.29, 0.717) is 22.9 Å². The molecule has 0 spiro atoms. The largest absolute Gasteiger partial charge is 0.495 e. The lowest BCUT2D eigenvalue weighted by molar-refractivity contribution is -0.198. The number of hydrogen-bond donors (Lipinski definition) is 9. The Bertz CT molecular complexity index is 3030. The maximum atomic E-state index is 14.5. The van der Waals surface area contributed by atoms with Crippen molar-refractivity contribution in [3.05, 3.63) is 64.7 Å². The van der Waals surface area contributed by atoms with Crippen LogP contribution in [0.25, 0.3) is 0 Å². The summed E-state index contributed by atoms with van der Waals surface area (Å²) in [6, 6.07) is 4.89. The number of imide groups is 1. The van der Waals surface area contributed by atoms with E-state index >= 15 is 0 Å². The molecule has 3 fully saturated rings. The average molecular weight is 1300 g/mol. The summed E-state index contributed by atoms with van der Waals surface area (Å²) >= 11 is 12.3. The summed E-state index contributed by atoms with van der Waals surface area (Å²) in [5.74, 6) is -4.32. The van der Waals surface area contributed by atoms with Crippen molar-refractivity contribution in [2.75, 3.05) is 83.4 Å². The lowest BCUT2D eigenvalue weighted by Gasteiger charge is -2.42. The molecule has 2 aromatic carbocycles. The van der Waals surface area contributed by atoms with Crippen LogP contribution >= 0.6 is 23.8 Å². The highest BCUT2D eigenvalue weighted by Crippen LogP contribution is 2.49. The third-order valence-electron chi connectivity index (χ3n) is 15.3. The number of primary amides is 1. The van der Waals surface area contributed by atoms with E-state index in [4.69, 9.17) is 72.3 Å². The number of carbonyl (C=O) groups is 9. The van der Waals surface area contributed by atoms with Gasteiger partial charge in [-0.05, 0) is 81.1 Å². The number of anilines is 3. The lowest BCUT2D eigenvalue weighted by Crippen LogP contribution is -2.63. The van der Waals surface area contributed by atoms with Crippen molar-refractivity contribution in [1.82, 2.24) is 31.6 Å². The van der Waals surface area contributed by atoms with Gasteiger partial charge in [-0.2, -0.15) is 0 Å². The second-order valence-electron chi connectivity index (χ2n) is 22.4. The molecule has 494 valence electrons. The number of carbonyl (C=O) groups excluding carboxylic acids is 9. The smallest absolute Gasteiger partial charge is 0.412 e. The minimum Gasteiger partial charge on any atom is -0.495 e. The van der Waals surface area contributed by atoms with Gasteiger partial charge in [-0.3, -0.25) is 34.6 Å². The number of hydroxylamine groups is 2. The zero-order valence-electron chi connectivity index (χ0n) is 51.7. The molecule has 4 bridgehead atoms. The highest BCUT2D eigenvalue weighted by Gasteiger charge is 2.64. The zero-order valence-corrected chi connectivity index (χ0v) is 53.3. The van der Waals surface area contributed by atoms with Gasteiger partial charge in [0.25, 0.3) is 11.8 Å². The fourth-order valence-corrected chi connectivity index (χ4v) is 10.8. The van der Waals surface area contributed by atoms with Gasteiger partial charge >= 0.3 is 24.2 Å². The first-order valence-corrected chi connectivity index (χ1v) is 29.9. The molecule has 4 aliphatic rings. The summed E-state index contributed by atoms with van der Waals surface area (Å²) < 4.78 is 46.0. The maximum absolute atomic E-state index is 14.5. The number of halogens is 1. The zero-order chi connectivity index (χ0) is 66.0. The van der Waals surface area contributed by atoms with Gasteiger partial charge in [0.1, 0.15) is 52.5 Å². The first-order chi connectivity index (χ1) is 42.7. The van der Waals surface area contributed by atoms with E-state index in [-0.39, 0.29) is 111 Å². The van der Waals surface area contributed by atoms with Crippen molar-refractivity contribution < 1.29 is 91.0 Å². The highest BCUT2D eigenvalue weighted by atomic mass is 35.5. The molecular formula is C59H81ClN10O19S. The molecule has 31 heteroatoms. The summed E-state index contributed by atoms with van der Waals surface area (Å²) in [5, 5.41) is 31.8. The SMILES string of the molecule is COc1cc(NC(=O)O[C@H]2CC(=O)N(C)c3cc(cc(OC)c3Cl)C/C(C)=C/C=C/[C@@H](OC)[C@@]3(O)C[C@H](OC(=O)N3)[C@@H](C)[C@@H]3O[C@@]23C)ccc1NC(=O)[C@H](CCCNC(N)=O)NC(=O)[C@@H](NC(=S)NCCOCCOCCC(=O)ON1C(=O)CCC1=O)C(C)C. The Morgan fingerprint density at radius 3 is 2.28 bits per heavy atom. The monoisotopic (exact) mass is 1300 g/mol. The number of epoxide rings is 1. The first-order valence-electron chi connectivity index (χ1n) is 29.2. The van der Waals surface area contributed by atoms with E-state index in [1.807, 2.05) is 13.0 Å². The molecule has 90 heavy (non-hydrogen) atoms. The number of alkyl carbamates (subject to hydrolysis) is 1. The number of amides is 9. The number of benzene rings is 2. The normalized spacial score (nSPS) is 24.1. The maximum Gasteiger partial charge on any atom is 0.412 e. The summed E-state index contributed by atoms with van der Waals surface area (Å²) in [7, 11) is 5.71. The molecule has 0 unspecified atom stereocenters. The number of urea groups is 1. The van der Waals surface area contributed by atoms with Gasteiger partial charge < -0.3 is 85.1 Å². The fourth-order valence-electron chi connectivity index (χ4n) is 10.3. The van der Waals surface area contributed by atoms with E-state index in [9.17, 15) is 48.3 Å². The first kappa shape index (κ1) is 71.2. The van der Waals surface area contributed by atoms with Gasteiger partial charge in [0.05, 0.1) is 71.0 Å². The average Bonchev–Trinajstić information content (AvgIpc) is 1.57. The van der Waals surface area contributed by atoms with Gasteiger partial charge in [-0.1, -0.05) is 56.2 Å². The van der Waals surface area contributed by atoms with E-state index in [1.165, 1.54) is 51.5 Å². The third-order valence-corrected chi connectivity index (χ3v) is 15.9. The predicted molar refractivity (Wildman–Crippen MR) is 329 cm³/mol. The molecular weight excluding hydrogens is 1220 g/mol. The van der Waals surface area contributed by atoms with E-state index in [1.54, 1.807) is 52.0 Å². The van der Waals surface area contributed by atoms with E-state index in [0.717, 1.165) is 11.1 Å². The van der Waals surface area contributed by atoms with Gasteiger partial charge in [0.15, 0.2) is 10.8 Å². The third kappa shape index (κ3) is 19.6. The molecule has 9 atom stereocenters. The molecule has 6 rings (SSSR count). The summed E-state index contributed by atoms with van der Waals surface area (Å²) in [5.41, 5.74) is 4.21. The van der Waals surface area contributed by atoms with Crippen LogP contribution < -0.4 is 57.3 Å². The molecule has 0 radical (unpaired) electrons. The quantitative estimate of drug-likeness (QED) is 0.0296. The van der Waals surface area contributed by atoms with Crippen molar-refractivity contribution in [1.29, 1.82) is 0 Å². The number of rotatable bonds is 25. The van der Waals surface area contributed by atoms with Gasteiger partial charge in [-0.15, -0.1) is 5.06 Å². The van der Waals surface area contributed by atoms with Crippen molar-refractivity contribution in [2.24, 2.45) is 17.6 Å². The van der Waals surface area contributed by atoms with Crippen molar-refractivity contribution in [3.8, 4) is 11.5 Å². The van der Waals surface area contributed by atoms with Crippen LogP contribution in [0.2, 0.25) is 5.02 Å². The number of nitrogens with two attached hydrogens (primary N) is 1. The second-order valence-corrected chi connectivity index (χ2v) is 23.1. The molecule has 4 heterocycles. The Kier molecular flexibility index (Phi) is 25.9. The summed E-state index contributed by atoms with van der Waals surface area (Å²) in [6.45, 7) is 9.59. The van der Waals surface area contributed by atoms with E-state index in [2.05, 4.69) is 37.2 Å². The number of nitrogens with one attached hydrogen (secondary N) is 7. The van der Waals surface area contributed by atoms with Crippen molar-refractivity contribution in [3.63, 3.8) is 0 Å². The Morgan fingerprint density at radius 1 is 0.911 bits per heavy atom. The number of methoxy groups -OCH3 is 3. The Morgan fingerprint density at radius 2 is 1.61 bits per heavy atom. The fraction of sp³-hybridized carbons (Fsp3) is 0.559. The molecule has 9 amide bonds. The Labute approximate surface area is 531 Å². The van der Waals surface area contributed by atoms with Crippen molar-refractivity contribution in [2.45, 2.75) is 134 Å². The topological polar surface area (TPSA) is 377 Å². The van der Waals surface area contributed by atoms with Crippen LogP contribution in [-0.4, -0.2) is 185 Å². The molecule has 0 aliphatic carbocycles. The van der Waals surface area contributed by atoms with Crippen LogP contribution in [0.1, 0.15) is 85.1 Å². The molecule has 2 aromatic rings. The Hall–Kier alpha value is -7.87. The summed E-state index contributed by atoms with van der Waals surface area (Å²) in [4.78, 5) is 123.